The van der Waals surface area contributed by atoms with E-state index in [2.05, 4.69) is 0 Å². The first-order valence-corrected chi connectivity index (χ1v) is 6.98. The van der Waals surface area contributed by atoms with Crippen LogP contribution in [0.2, 0.25) is 0 Å². The topological polar surface area (TPSA) is 52.3 Å². The van der Waals surface area contributed by atoms with Crippen molar-refractivity contribution in [2.24, 2.45) is 0 Å². The highest BCUT2D eigenvalue weighted by atomic mass is 32.1. The quantitative estimate of drug-likeness (QED) is 0.732. The fourth-order valence-electron chi connectivity index (χ4n) is 2.17. The molecule has 4 heteroatoms. The Hall–Kier alpha value is -2.33. The van der Waals surface area contributed by atoms with Crippen molar-refractivity contribution in [3.05, 3.63) is 58.8 Å². The van der Waals surface area contributed by atoms with E-state index >= 15 is 0 Å². The van der Waals surface area contributed by atoms with Crippen molar-refractivity contribution in [3.63, 3.8) is 0 Å². The zero-order valence-electron chi connectivity index (χ0n) is 10.9. The molecular formula is C16H13NO2S. The number of benzene rings is 2. The molecule has 0 saturated carbocycles. The first-order valence-electron chi connectivity index (χ1n) is 6.16. The van der Waals surface area contributed by atoms with E-state index in [0.717, 1.165) is 20.5 Å². The van der Waals surface area contributed by atoms with E-state index in [-0.39, 0.29) is 5.43 Å². The van der Waals surface area contributed by atoms with Gasteiger partial charge in [-0.1, -0.05) is 24.3 Å². The SMILES string of the molecule is COc1cccc(-c2cc(=O)c3ccccc3s2)c1N. The molecule has 0 aliphatic heterocycles. The summed E-state index contributed by atoms with van der Waals surface area (Å²) in [6.07, 6.45) is 0. The van der Waals surface area contributed by atoms with E-state index < -0.39 is 0 Å². The highest BCUT2D eigenvalue weighted by molar-refractivity contribution is 7.21. The summed E-state index contributed by atoms with van der Waals surface area (Å²) in [5.41, 5.74) is 7.50. The van der Waals surface area contributed by atoms with Crippen molar-refractivity contribution < 1.29 is 4.74 Å². The van der Waals surface area contributed by atoms with Crippen molar-refractivity contribution in [2.45, 2.75) is 0 Å². The monoisotopic (exact) mass is 283 g/mol. The molecule has 0 unspecified atom stereocenters. The van der Waals surface area contributed by atoms with Crippen LogP contribution in [-0.4, -0.2) is 7.11 Å². The number of anilines is 1. The molecule has 0 radical (unpaired) electrons. The van der Waals surface area contributed by atoms with Crippen molar-refractivity contribution in [1.29, 1.82) is 0 Å². The van der Waals surface area contributed by atoms with Crippen LogP contribution in [0, 0.1) is 0 Å². The molecule has 0 atom stereocenters. The predicted molar refractivity (Wildman–Crippen MR) is 84.5 cm³/mol. The van der Waals surface area contributed by atoms with Crippen LogP contribution < -0.4 is 15.9 Å². The van der Waals surface area contributed by atoms with E-state index in [1.54, 1.807) is 24.5 Å². The van der Waals surface area contributed by atoms with Gasteiger partial charge in [-0.2, -0.15) is 0 Å². The summed E-state index contributed by atoms with van der Waals surface area (Å²) in [5.74, 6) is 0.621. The van der Waals surface area contributed by atoms with Crippen LogP contribution in [0.1, 0.15) is 0 Å². The van der Waals surface area contributed by atoms with Gasteiger partial charge < -0.3 is 10.5 Å². The van der Waals surface area contributed by atoms with Gasteiger partial charge in [0.1, 0.15) is 5.75 Å². The van der Waals surface area contributed by atoms with Crippen molar-refractivity contribution >= 4 is 27.1 Å². The third-order valence-electron chi connectivity index (χ3n) is 3.19. The summed E-state index contributed by atoms with van der Waals surface area (Å²) in [7, 11) is 1.58. The van der Waals surface area contributed by atoms with Crippen LogP contribution in [0.5, 0.6) is 5.75 Å². The van der Waals surface area contributed by atoms with Crippen molar-refractivity contribution in [2.75, 3.05) is 12.8 Å². The molecule has 3 aromatic rings. The lowest BCUT2D eigenvalue weighted by atomic mass is 10.1. The summed E-state index contributed by atoms with van der Waals surface area (Å²) >= 11 is 1.55. The summed E-state index contributed by atoms with van der Waals surface area (Å²) in [6.45, 7) is 0. The molecule has 1 heterocycles. The molecule has 2 aromatic carbocycles. The van der Waals surface area contributed by atoms with Crippen LogP contribution in [0.25, 0.3) is 20.5 Å². The summed E-state index contributed by atoms with van der Waals surface area (Å²) in [6, 6.07) is 14.8. The minimum atomic E-state index is 0.0107. The lowest BCUT2D eigenvalue weighted by molar-refractivity contribution is 0.417. The number of hydrogen-bond acceptors (Lipinski definition) is 4. The zero-order valence-corrected chi connectivity index (χ0v) is 11.7. The molecule has 3 nitrogen and oxygen atoms in total. The Labute approximate surface area is 120 Å². The Bertz CT molecular complexity index is 839. The van der Waals surface area contributed by atoms with E-state index in [4.69, 9.17) is 10.5 Å². The first-order chi connectivity index (χ1) is 9.70. The molecular weight excluding hydrogens is 270 g/mol. The van der Waals surface area contributed by atoms with Gasteiger partial charge in [-0.15, -0.1) is 11.3 Å². The standard InChI is InChI=1S/C16H13NO2S/c1-19-13-7-4-6-11(16(13)17)15-9-12(18)10-5-2-3-8-14(10)20-15/h2-9H,17H2,1H3. The van der Waals surface area contributed by atoms with Crippen LogP contribution >= 0.6 is 11.3 Å². The van der Waals surface area contributed by atoms with Gasteiger partial charge in [-0.05, 0) is 18.2 Å². The van der Waals surface area contributed by atoms with Gasteiger partial charge in [-0.25, -0.2) is 0 Å². The lowest BCUT2D eigenvalue weighted by Gasteiger charge is -2.10. The van der Waals surface area contributed by atoms with Gasteiger partial charge in [0, 0.05) is 26.6 Å². The fourth-order valence-corrected chi connectivity index (χ4v) is 3.29. The minimum absolute atomic E-state index is 0.0107. The fraction of sp³-hybridized carbons (Fsp3) is 0.0625. The van der Waals surface area contributed by atoms with Gasteiger partial charge in [0.15, 0.2) is 5.43 Å². The van der Waals surface area contributed by atoms with E-state index in [1.807, 2.05) is 42.5 Å². The normalized spacial score (nSPS) is 10.7. The number of hydrogen-bond donors (Lipinski definition) is 1. The molecule has 0 aliphatic carbocycles. The lowest BCUT2D eigenvalue weighted by Crippen LogP contribution is -2.00. The van der Waals surface area contributed by atoms with Crippen molar-refractivity contribution in [1.82, 2.24) is 0 Å². The zero-order chi connectivity index (χ0) is 14.1. The Morgan fingerprint density at radius 1 is 1.10 bits per heavy atom. The second kappa shape index (κ2) is 4.98. The van der Waals surface area contributed by atoms with Gasteiger partial charge in [0.05, 0.1) is 12.8 Å². The molecule has 0 fully saturated rings. The first kappa shape index (κ1) is 12.7. The molecule has 0 bridgehead atoms. The Kier molecular flexibility index (Phi) is 3.16. The smallest absolute Gasteiger partial charge is 0.188 e. The Morgan fingerprint density at radius 2 is 1.90 bits per heavy atom. The molecule has 0 spiro atoms. The van der Waals surface area contributed by atoms with E-state index in [0.29, 0.717) is 11.4 Å². The van der Waals surface area contributed by atoms with Crippen LogP contribution in [0.4, 0.5) is 5.69 Å². The highest BCUT2D eigenvalue weighted by Gasteiger charge is 2.10. The highest BCUT2D eigenvalue weighted by Crippen LogP contribution is 2.36. The number of methoxy groups -OCH3 is 1. The maximum Gasteiger partial charge on any atom is 0.188 e. The largest absolute Gasteiger partial charge is 0.495 e. The van der Waals surface area contributed by atoms with Crippen LogP contribution in [0.15, 0.2) is 53.3 Å². The third-order valence-corrected chi connectivity index (χ3v) is 4.32. The number of para-hydroxylation sites is 1. The summed E-state index contributed by atoms with van der Waals surface area (Å²) < 4.78 is 6.18. The van der Waals surface area contributed by atoms with E-state index in [1.165, 1.54) is 0 Å². The maximum atomic E-state index is 12.2. The van der Waals surface area contributed by atoms with Gasteiger partial charge >= 0.3 is 0 Å². The number of ether oxygens (including phenoxy) is 1. The van der Waals surface area contributed by atoms with Gasteiger partial charge in [0.2, 0.25) is 0 Å². The molecule has 0 saturated heterocycles. The number of fused-ring (bicyclic) bond motifs is 1. The number of nitrogen functional groups attached to an aromatic ring is 1. The van der Waals surface area contributed by atoms with Gasteiger partial charge in [-0.3, -0.25) is 4.79 Å². The van der Waals surface area contributed by atoms with E-state index in [9.17, 15) is 4.79 Å². The molecule has 2 N–H and O–H groups in total. The second-order valence-electron chi connectivity index (χ2n) is 4.39. The average molecular weight is 283 g/mol. The van der Waals surface area contributed by atoms with Crippen LogP contribution in [0.3, 0.4) is 0 Å². The third kappa shape index (κ3) is 2.04. The minimum Gasteiger partial charge on any atom is -0.495 e. The molecule has 0 amide bonds. The van der Waals surface area contributed by atoms with Crippen molar-refractivity contribution in [3.8, 4) is 16.2 Å². The molecule has 1 aromatic heterocycles. The second-order valence-corrected chi connectivity index (χ2v) is 5.48. The van der Waals surface area contributed by atoms with Gasteiger partial charge in [0.25, 0.3) is 0 Å². The summed E-state index contributed by atoms with van der Waals surface area (Å²) in [5, 5.41) is 0.739. The molecule has 100 valence electrons. The molecule has 3 rings (SSSR count). The average Bonchev–Trinajstić information content (AvgIpc) is 2.47. The number of rotatable bonds is 2. The Morgan fingerprint density at radius 3 is 2.70 bits per heavy atom. The number of nitrogens with two attached hydrogens (primary N) is 1. The molecule has 0 aliphatic rings. The Balaban J connectivity index is 2.28. The molecule has 20 heavy (non-hydrogen) atoms. The summed E-state index contributed by atoms with van der Waals surface area (Å²) in [4.78, 5) is 13.0. The maximum absolute atomic E-state index is 12.2. The van der Waals surface area contributed by atoms with Crippen LogP contribution in [-0.2, 0) is 0 Å². The predicted octanol–water partition coefficient (Wildman–Crippen LogP) is 3.52.